The minimum absolute atomic E-state index is 0.00926. The Hall–Kier alpha value is -0.0800. The Labute approximate surface area is 55.5 Å². The van der Waals surface area contributed by atoms with E-state index in [2.05, 4.69) is 11.9 Å². The Balaban J connectivity index is 2.12. The van der Waals surface area contributed by atoms with E-state index in [-0.39, 0.29) is 11.6 Å². The minimum atomic E-state index is -0.00926. The molecule has 1 saturated carbocycles. The van der Waals surface area contributed by atoms with E-state index >= 15 is 0 Å². The van der Waals surface area contributed by atoms with Crippen molar-refractivity contribution in [2.24, 2.45) is 0 Å². The molecule has 0 bridgehead atoms. The minimum Gasteiger partial charge on any atom is -0.391 e. The summed E-state index contributed by atoms with van der Waals surface area (Å²) >= 11 is 0. The van der Waals surface area contributed by atoms with Crippen LogP contribution in [0.2, 0.25) is 0 Å². The van der Waals surface area contributed by atoms with Crippen molar-refractivity contribution in [1.82, 2.24) is 4.90 Å². The topological polar surface area (TPSA) is 23.5 Å². The Morgan fingerprint density at radius 2 is 2.33 bits per heavy atom. The van der Waals surface area contributed by atoms with E-state index in [1.807, 2.05) is 0 Å². The number of likely N-dealkylation sites (N-methyl/N-ethyl adjacent to an activating group) is 1. The highest BCUT2D eigenvalue weighted by Gasteiger charge is 2.58. The molecule has 2 aliphatic rings. The van der Waals surface area contributed by atoms with Crippen LogP contribution in [0.15, 0.2) is 0 Å². The summed E-state index contributed by atoms with van der Waals surface area (Å²) in [4.78, 5) is 2.30. The molecule has 2 fully saturated rings. The van der Waals surface area contributed by atoms with E-state index in [4.69, 9.17) is 0 Å². The molecule has 1 saturated heterocycles. The van der Waals surface area contributed by atoms with E-state index in [9.17, 15) is 5.11 Å². The quantitative estimate of drug-likeness (QED) is 0.503. The van der Waals surface area contributed by atoms with Crippen molar-refractivity contribution in [3.8, 4) is 0 Å². The largest absolute Gasteiger partial charge is 0.391 e. The zero-order chi connectivity index (χ0) is 6.48. The van der Waals surface area contributed by atoms with Crippen LogP contribution in [-0.4, -0.2) is 35.2 Å². The average molecular weight is 127 g/mol. The van der Waals surface area contributed by atoms with Crippen molar-refractivity contribution in [3.63, 3.8) is 0 Å². The number of aliphatic hydroxyl groups excluding tert-OH is 1. The lowest BCUT2D eigenvalue weighted by Crippen LogP contribution is -2.30. The van der Waals surface area contributed by atoms with E-state index in [1.165, 1.54) is 19.4 Å². The summed E-state index contributed by atoms with van der Waals surface area (Å²) in [5, 5.41) is 9.25. The Morgan fingerprint density at radius 1 is 1.67 bits per heavy atom. The lowest BCUT2D eigenvalue weighted by atomic mass is 10.2. The molecule has 2 heteroatoms. The van der Waals surface area contributed by atoms with E-state index < -0.39 is 0 Å². The molecule has 1 heterocycles. The number of hydrogen-bond donors (Lipinski definition) is 1. The van der Waals surface area contributed by atoms with Crippen molar-refractivity contribution >= 4 is 0 Å². The zero-order valence-corrected chi connectivity index (χ0v) is 5.80. The maximum Gasteiger partial charge on any atom is 0.0743 e. The smallest absolute Gasteiger partial charge is 0.0743 e. The predicted octanol–water partition coefficient (Wildman–Crippen LogP) is 0.215. The van der Waals surface area contributed by atoms with Crippen molar-refractivity contribution in [2.75, 3.05) is 13.6 Å². The van der Waals surface area contributed by atoms with Crippen LogP contribution < -0.4 is 0 Å². The Kier molecular flexibility index (Phi) is 0.945. The third-order valence-electron chi connectivity index (χ3n) is 2.87. The van der Waals surface area contributed by atoms with Crippen LogP contribution in [0.3, 0.4) is 0 Å². The Morgan fingerprint density at radius 3 is 2.56 bits per heavy atom. The summed E-state index contributed by atoms with van der Waals surface area (Å²) in [6.07, 6.45) is 3.49. The van der Waals surface area contributed by atoms with Gasteiger partial charge in [-0.2, -0.15) is 0 Å². The molecule has 1 spiro atoms. The van der Waals surface area contributed by atoms with Crippen LogP contribution in [0.25, 0.3) is 0 Å². The molecular weight excluding hydrogens is 114 g/mol. The van der Waals surface area contributed by atoms with Gasteiger partial charge in [-0.3, -0.25) is 4.90 Å². The molecule has 1 aliphatic heterocycles. The molecule has 0 aromatic rings. The van der Waals surface area contributed by atoms with Gasteiger partial charge in [-0.1, -0.05) is 0 Å². The fourth-order valence-corrected chi connectivity index (χ4v) is 1.99. The van der Waals surface area contributed by atoms with Crippen LogP contribution in [0, 0.1) is 0 Å². The first kappa shape index (κ1) is 5.69. The summed E-state index contributed by atoms with van der Waals surface area (Å²) in [7, 11) is 2.11. The summed E-state index contributed by atoms with van der Waals surface area (Å²) in [5.41, 5.74) is 0.250. The second kappa shape index (κ2) is 1.50. The van der Waals surface area contributed by atoms with Crippen molar-refractivity contribution in [1.29, 1.82) is 0 Å². The molecule has 9 heavy (non-hydrogen) atoms. The standard InChI is InChI=1S/C7H13NO/c1-8-4-2-3-7(8)5-6(7)9/h6,9H,2-5H2,1H3/t6-,7?/m0/s1. The van der Waals surface area contributed by atoms with Gasteiger partial charge in [-0.15, -0.1) is 0 Å². The van der Waals surface area contributed by atoms with Gasteiger partial charge >= 0.3 is 0 Å². The molecule has 1 aliphatic carbocycles. The highest BCUT2D eigenvalue weighted by atomic mass is 16.3. The Bertz CT molecular complexity index is 137. The van der Waals surface area contributed by atoms with E-state index in [1.54, 1.807) is 0 Å². The lowest BCUT2D eigenvalue weighted by Gasteiger charge is -2.17. The van der Waals surface area contributed by atoms with Crippen LogP contribution in [0.4, 0.5) is 0 Å². The molecule has 1 unspecified atom stereocenters. The van der Waals surface area contributed by atoms with Crippen molar-refractivity contribution in [2.45, 2.75) is 30.9 Å². The average Bonchev–Trinajstić information content (AvgIpc) is 2.29. The first-order valence-electron chi connectivity index (χ1n) is 3.65. The second-order valence-corrected chi connectivity index (χ2v) is 3.35. The third kappa shape index (κ3) is 0.578. The van der Waals surface area contributed by atoms with Gasteiger partial charge < -0.3 is 5.11 Å². The molecule has 2 atom stereocenters. The number of hydrogen-bond acceptors (Lipinski definition) is 2. The molecular formula is C7H13NO. The van der Waals surface area contributed by atoms with Gasteiger partial charge in [0.1, 0.15) is 0 Å². The molecule has 52 valence electrons. The van der Waals surface area contributed by atoms with Crippen LogP contribution in [0.1, 0.15) is 19.3 Å². The van der Waals surface area contributed by atoms with Crippen molar-refractivity contribution in [3.05, 3.63) is 0 Å². The second-order valence-electron chi connectivity index (χ2n) is 3.35. The molecule has 0 aromatic carbocycles. The summed E-state index contributed by atoms with van der Waals surface area (Å²) in [6, 6.07) is 0. The van der Waals surface area contributed by atoms with Gasteiger partial charge in [0.05, 0.1) is 6.10 Å². The monoisotopic (exact) mass is 127 g/mol. The van der Waals surface area contributed by atoms with Crippen LogP contribution >= 0.6 is 0 Å². The fourth-order valence-electron chi connectivity index (χ4n) is 1.99. The maximum absolute atomic E-state index is 9.25. The summed E-state index contributed by atoms with van der Waals surface area (Å²) in [6.45, 7) is 1.18. The molecule has 0 radical (unpaired) electrons. The number of likely N-dealkylation sites (tertiary alicyclic amines) is 1. The molecule has 2 rings (SSSR count). The van der Waals surface area contributed by atoms with Gasteiger partial charge in [0.25, 0.3) is 0 Å². The molecule has 2 nitrogen and oxygen atoms in total. The lowest BCUT2D eigenvalue weighted by molar-refractivity contribution is 0.178. The first-order chi connectivity index (χ1) is 4.26. The fraction of sp³-hybridized carbons (Fsp3) is 1.00. The SMILES string of the molecule is CN1CCCC12C[C@@H]2O. The normalized spacial score (nSPS) is 50.7. The van der Waals surface area contributed by atoms with Gasteiger partial charge in [-0.05, 0) is 32.9 Å². The van der Waals surface area contributed by atoms with E-state index in [0.717, 1.165) is 6.42 Å². The summed E-state index contributed by atoms with van der Waals surface area (Å²) in [5.74, 6) is 0. The summed E-state index contributed by atoms with van der Waals surface area (Å²) < 4.78 is 0. The number of rotatable bonds is 0. The van der Waals surface area contributed by atoms with Gasteiger partial charge in [-0.25, -0.2) is 0 Å². The molecule has 1 N–H and O–H groups in total. The first-order valence-corrected chi connectivity index (χ1v) is 3.65. The molecule has 0 aromatic heterocycles. The van der Waals surface area contributed by atoms with Crippen molar-refractivity contribution < 1.29 is 5.11 Å². The van der Waals surface area contributed by atoms with E-state index in [0.29, 0.717) is 0 Å². The van der Waals surface area contributed by atoms with Gasteiger partial charge in [0, 0.05) is 5.54 Å². The van der Waals surface area contributed by atoms with Crippen LogP contribution in [-0.2, 0) is 0 Å². The highest BCUT2D eigenvalue weighted by Crippen LogP contribution is 2.48. The van der Waals surface area contributed by atoms with Gasteiger partial charge in [0.2, 0.25) is 0 Å². The van der Waals surface area contributed by atoms with Crippen LogP contribution in [0.5, 0.6) is 0 Å². The predicted molar refractivity (Wildman–Crippen MR) is 35.2 cm³/mol. The highest BCUT2D eigenvalue weighted by molar-refractivity contribution is 5.14. The third-order valence-corrected chi connectivity index (χ3v) is 2.87. The maximum atomic E-state index is 9.25. The number of aliphatic hydroxyl groups is 1. The zero-order valence-electron chi connectivity index (χ0n) is 5.80. The van der Waals surface area contributed by atoms with Gasteiger partial charge in [0.15, 0.2) is 0 Å². The number of nitrogens with zero attached hydrogens (tertiary/aromatic N) is 1. The molecule has 0 amide bonds.